The van der Waals surface area contributed by atoms with Crippen LogP contribution in [-0.2, 0) is 4.79 Å². The summed E-state index contributed by atoms with van der Waals surface area (Å²) in [6, 6.07) is 4.05. The average Bonchev–Trinajstić information content (AvgIpc) is 2.31. The fraction of sp³-hybridized carbons (Fsp3) is 0.429. The first-order chi connectivity index (χ1) is 9.43. The summed E-state index contributed by atoms with van der Waals surface area (Å²) in [6.07, 6.45) is 2.48. The number of nitrogens with one attached hydrogen (secondary N) is 1. The SMILES string of the molecule is O=C(O)CC1(CNC(=O)c2c(O)cccc2O)CCC1. The molecular weight excluding hydrogens is 262 g/mol. The van der Waals surface area contributed by atoms with E-state index in [0.29, 0.717) is 0 Å². The number of carboxylic acids is 1. The zero-order valence-electron chi connectivity index (χ0n) is 10.9. The third kappa shape index (κ3) is 2.84. The van der Waals surface area contributed by atoms with Gasteiger partial charge in [0.25, 0.3) is 5.91 Å². The van der Waals surface area contributed by atoms with Crippen LogP contribution in [0.5, 0.6) is 11.5 Å². The summed E-state index contributed by atoms with van der Waals surface area (Å²) >= 11 is 0. The number of carbonyl (C=O) groups is 2. The van der Waals surface area contributed by atoms with Gasteiger partial charge < -0.3 is 20.6 Å². The van der Waals surface area contributed by atoms with Crippen molar-refractivity contribution in [3.05, 3.63) is 23.8 Å². The van der Waals surface area contributed by atoms with Gasteiger partial charge in [0.2, 0.25) is 0 Å². The Morgan fingerprint density at radius 1 is 1.20 bits per heavy atom. The molecular formula is C14H17NO5. The Labute approximate surface area is 116 Å². The molecule has 1 aromatic carbocycles. The number of carboxylic acid groups (broad SMARTS) is 1. The number of phenols is 2. The molecule has 1 amide bonds. The summed E-state index contributed by atoms with van der Waals surface area (Å²) in [5.74, 6) is -2.09. The third-order valence-electron chi connectivity index (χ3n) is 3.81. The number of hydrogen-bond donors (Lipinski definition) is 4. The van der Waals surface area contributed by atoms with Crippen LogP contribution in [0.25, 0.3) is 0 Å². The second-order valence-electron chi connectivity index (χ2n) is 5.28. The highest BCUT2D eigenvalue weighted by Crippen LogP contribution is 2.43. The van der Waals surface area contributed by atoms with Gasteiger partial charge in [0.15, 0.2) is 0 Å². The number of rotatable bonds is 5. The lowest BCUT2D eigenvalue weighted by atomic mass is 9.66. The molecule has 0 spiro atoms. The van der Waals surface area contributed by atoms with Gasteiger partial charge in [0.1, 0.15) is 17.1 Å². The van der Waals surface area contributed by atoms with Crippen LogP contribution in [0.2, 0.25) is 0 Å². The molecule has 0 heterocycles. The van der Waals surface area contributed by atoms with Crippen molar-refractivity contribution in [3.8, 4) is 11.5 Å². The predicted molar refractivity (Wildman–Crippen MR) is 70.6 cm³/mol. The number of phenolic OH excluding ortho intramolecular Hbond substituents is 2. The molecule has 6 nitrogen and oxygen atoms in total. The van der Waals surface area contributed by atoms with Crippen molar-refractivity contribution in [2.75, 3.05) is 6.54 Å². The fourth-order valence-electron chi connectivity index (χ4n) is 2.53. The van der Waals surface area contributed by atoms with Crippen molar-refractivity contribution < 1.29 is 24.9 Å². The molecule has 1 fully saturated rings. The van der Waals surface area contributed by atoms with E-state index in [2.05, 4.69) is 5.32 Å². The number of amides is 1. The van der Waals surface area contributed by atoms with E-state index < -0.39 is 17.3 Å². The molecule has 0 atom stereocenters. The molecule has 0 bridgehead atoms. The molecule has 0 aromatic heterocycles. The molecule has 0 radical (unpaired) electrons. The standard InChI is InChI=1S/C14H17NO5/c16-9-3-1-4-10(17)12(9)13(20)15-8-14(5-2-6-14)7-11(18)19/h1,3-4,16-17H,2,5-8H2,(H,15,20)(H,18,19). The summed E-state index contributed by atoms with van der Waals surface area (Å²) in [4.78, 5) is 22.8. The van der Waals surface area contributed by atoms with Gasteiger partial charge in [0.05, 0.1) is 6.42 Å². The zero-order chi connectivity index (χ0) is 14.8. The van der Waals surface area contributed by atoms with E-state index in [-0.39, 0.29) is 30.0 Å². The smallest absolute Gasteiger partial charge is 0.303 e. The van der Waals surface area contributed by atoms with Crippen molar-refractivity contribution in [3.63, 3.8) is 0 Å². The Morgan fingerprint density at radius 2 is 1.80 bits per heavy atom. The molecule has 1 saturated carbocycles. The Morgan fingerprint density at radius 3 is 2.25 bits per heavy atom. The van der Waals surface area contributed by atoms with Crippen molar-refractivity contribution in [2.45, 2.75) is 25.7 Å². The molecule has 4 N–H and O–H groups in total. The second-order valence-corrected chi connectivity index (χ2v) is 5.28. The molecule has 0 unspecified atom stereocenters. The number of aliphatic carboxylic acids is 1. The van der Waals surface area contributed by atoms with Gasteiger partial charge in [-0.2, -0.15) is 0 Å². The molecule has 20 heavy (non-hydrogen) atoms. The van der Waals surface area contributed by atoms with Crippen LogP contribution in [0.15, 0.2) is 18.2 Å². The maximum atomic E-state index is 12.0. The highest BCUT2D eigenvalue weighted by molar-refractivity contribution is 5.99. The highest BCUT2D eigenvalue weighted by atomic mass is 16.4. The number of carbonyl (C=O) groups excluding carboxylic acids is 1. The fourth-order valence-corrected chi connectivity index (χ4v) is 2.53. The van der Waals surface area contributed by atoms with E-state index in [1.807, 2.05) is 0 Å². The molecule has 108 valence electrons. The first kappa shape index (κ1) is 14.2. The lowest BCUT2D eigenvalue weighted by molar-refractivity contribution is -0.141. The second kappa shape index (κ2) is 5.40. The molecule has 1 aliphatic carbocycles. The van der Waals surface area contributed by atoms with Crippen LogP contribution in [-0.4, -0.2) is 33.7 Å². The predicted octanol–water partition coefficient (Wildman–Crippen LogP) is 1.47. The molecule has 0 saturated heterocycles. The van der Waals surface area contributed by atoms with Crippen LogP contribution in [0.4, 0.5) is 0 Å². The van der Waals surface area contributed by atoms with Gasteiger partial charge in [-0.1, -0.05) is 12.5 Å². The third-order valence-corrected chi connectivity index (χ3v) is 3.81. The average molecular weight is 279 g/mol. The number of aromatic hydroxyl groups is 2. The quantitative estimate of drug-likeness (QED) is 0.653. The number of hydrogen-bond acceptors (Lipinski definition) is 4. The first-order valence-electron chi connectivity index (χ1n) is 6.44. The van der Waals surface area contributed by atoms with E-state index in [0.717, 1.165) is 19.3 Å². The first-order valence-corrected chi connectivity index (χ1v) is 6.44. The van der Waals surface area contributed by atoms with Gasteiger partial charge in [-0.25, -0.2) is 0 Å². The largest absolute Gasteiger partial charge is 0.507 e. The Kier molecular flexibility index (Phi) is 3.83. The topological polar surface area (TPSA) is 107 Å². The minimum Gasteiger partial charge on any atom is -0.507 e. The highest BCUT2D eigenvalue weighted by Gasteiger charge is 2.39. The molecule has 2 rings (SSSR count). The van der Waals surface area contributed by atoms with Gasteiger partial charge in [-0.15, -0.1) is 0 Å². The van der Waals surface area contributed by atoms with Crippen molar-refractivity contribution in [2.24, 2.45) is 5.41 Å². The maximum Gasteiger partial charge on any atom is 0.303 e. The van der Waals surface area contributed by atoms with Gasteiger partial charge in [-0.3, -0.25) is 9.59 Å². The normalized spacial score (nSPS) is 16.2. The van der Waals surface area contributed by atoms with Crippen LogP contribution < -0.4 is 5.32 Å². The molecule has 1 aliphatic rings. The summed E-state index contributed by atoms with van der Waals surface area (Å²) in [7, 11) is 0. The Balaban J connectivity index is 2.03. The lowest BCUT2D eigenvalue weighted by Gasteiger charge is -2.40. The van der Waals surface area contributed by atoms with E-state index in [9.17, 15) is 19.8 Å². The molecule has 0 aliphatic heterocycles. The number of benzene rings is 1. The molecule has 6 heteroatoms. The van der Waals surface area contributed by atoms with Crippen molar-refractivity contribution >= 4 is 11.9 Å². The monoisotopic (exact) mass is 279 g/mol. The summed E-state index contributed by atoms with van der Waals surface area (Å²) in [5, 5.41) is 30.7. The van der Waals surface area contributed by atoms with Gasteiger partial charge in [0, 0.05) is 6.54 Å². The zero-order valence-corrected chi connectivity index (χ0v) is 10.9. The Bertz CT molecular complexity index is 516. The van der Waals surface area contributed by atoms with E-state index in [1.165, 1.54) is 18.2 Å². The van der Waals surface area contributed by atoms with Gasteiger partial charge >= 0.3 is 5.97 Å². The summed E-state index contributed by atoms with van der Waals surface area (Å²) in [6.45, 7) is 0.228. The van der Waals surface area contributed by atoms with E-state index >= 15 is 0 Å². The van der Waals surface area contributed by atoms with Crippen LogP contribution in [0.1, 0.15) is 36.0 Å². The maximum absolute atomic E-state index is 12.0. The van der Waals surface area contributed by atoms with Gasteiger partial charge in [-0.05, 0) is 30.4 Å². The van der Waals surface area contributed by atoms with Crippen molar-refractivity contribution in [1.82, 2.24) is 5.32 Å². The summed E-state index contributed by atoms with van der Waals surface area (Å²) < 4.78 is 0. The minimum absolute atomic E-state index is 0.0139. The van der Waals surface area contributed by atoms with E-state index in [4.69, 9.17) is 5.11 Å². The van der Waals surface area contributed by atoms with E-state index in [1.54, 1.807) is 0 Å². The minimum atomic E-state index is -0.885. The van der Waals surface area contributed by atoms with Crippen LogP contribution in [0.3, 0.4) is 0 Å². The molecule has 1 aromatic rings. The van der Waals surface area contributed by atoms with Crippen molar-refractivity contribution in [1.29, 1.82) is 0 Å². The Hall–Kier alpha value is -2.24. The lowest BCUT2D eigenvalue weighted by Crippen LogP contribution is -2.43. The van der Waals surface area contributed by atoms with Crippen LogP contribution in [0, 0.1) is 5.41 Å². The van der Waals surface area contributed by atoms with Crippen LogP contribution >= 0.6 is 0 Å². The summed E-state index contributed by atoms with van der Waals surface area (Å²) in [5.41, 5.74) is -0.584.